The zero-order valence-electron chi connectivity index (χ0n) is 15.6. The van der Waals surface area contributed by atoms with Gasteiger partial charge in [0.25, 0.3) is 5.91 Å². The fourth-order valence-electron chi connectivity index (χ4n) is 2.77. The fraction of sp³-hybridized carbons (Fsp3) is 0.421. The molecule has 0 unspecified atom stereocenters. The lowest BCUT2D eigenvalue weighted by Gasteiger charge is -2.30. The van der Waals surface area contributed by atoms with Crippen molar-refractivity contribution < 1.29 is 14.3 Å². The highest BCUT2D eigenvalue weighted by atomic mass is 16.6. The number of nitrogens with one attached hydrogen (secondary N) is 1. The Labute approximate surface area is 152 Å². The monoisotopic (exact) mass is 356 g/mol. The van der Waals surface area contributed by atoms with E-state index in [1.165, 1.54) is 10.0 Å². The average molecular weight is 356 g/mol. The van der Waals surface area contributed by atoms with Crippen molar-refractivity contribution in [3.63, 3.8) is 0 Å². The van der Waals surface area contributed by atoms with E-state index in [4.69, 9.17) is 4.74 Å². The smallest absolute Gasteiger partial charge is 0.429 e. The number of aryl methyl sites for hydroxylation is 1. The number of carbonyl (C=O) groups excluding carboxylic acids is 2. The molecule has 2 amide bonds. The van der Waals surface area contributed by atoms with E-state index in [-0.39, 0.29) is 5.91 Å². The van der Waals surface area contributed by atoms with Gasteiger partial charge in [-0.1, -0.05) is 29.8 Å². The van der Waals surface area contributed by atoms with Gasteiger partial charge in [-0.25, -0.2) is 14.8 Å². The molecule has 0 spiro atoms. The number of hydrogen-bond acceptors (Lipinski definition) is 4. The number of carbonyl (C=O) groups is 2. The summed E-state index contributed by atoms with van der Waals surface area (Å²) in [5, 5.41) is 9.79. The molecule has 1 N–H and O–H groups in total. The summed E-state index contributed by atoms with van der Waals surface area (Å²) in [5.74, 6) is -0.292. The minimum absolute atomic E-state index is 0.292. The lowest BCUT2D eigenvalue weighted by atomic mass is 10.1. The third kappa shape index (κ3) is 3.87. The van der Waals surface area contributed by atoms with E-state index in [0.717, 1.165) is 11.1 Å². The van der Waals surface area contributed by atoms with Gasteiger partial charge in [-0.2, -0.15) is 5.10 Å². The SMILES string of the molecule is Cc1ccc(-c2cc(C(=O)N3CCCN3C(=O)OC(C)(C)C)[nH]n2)cc1. The van der Waals surface area contributed by atoms with Gasteiger partial charge >= 0.3 is 6.09 Å². The van der Waals surface area contributed by atoms with E-state index in [1.807, 2.05) is 31.2 Å². The second kappa shape index (κ2) is 6.82. The Hall–Kier alpha value is -2.83. The standard InChI is InChI=1S/C19H24N4O3/c1-13-6-8-14(9-7-13)15-12-16(21-20-15)17(24)22-10-5-11-23(22)18(25)26-19(2,3)4/h6-9,12H,5,10-11H2,1-4H3,(H,20,21). The first-order valence-electron chi connectivity index (χ1n) is 8.69. The summed E-state index contributed by atoms with van der Waals surface area (Å²) >= 11 is 0. The van der Waals surface area contributed by atoms with Crippen LogP contribution in [0.25, 0.3) is 11.3 Å². The number of H-pyrrole nitrogens is 1. The van der Waals surface area contributed by atoms with Gasteiger partial charge in [0.1, 0.15) is 11.3 Å². The summed E-state index contributed by atoms with van der Waals surface area (Å²) in [5.41, 5.74) is 2.51. The van der Waals surface area contributed by atoms with Gasteiger partial charge in [0.05, 0.1) is 5.69 Å². The molecule has 0 saturated carbocycles. The van der Waals surface area contributed by atoms with Crippen molar-refractivity contribution in [2.24, 2.45) is 0 Å². The van der Waals surface area contributed by atoms with Crippen LogP contribution in [0.1, 0.15) is 43.2 Å². The Morgan fingerprint density at radius 2 is 1.77 bits per heavy atom. The molecule has 2 aromatic rings. The van der Waals surface area contributed by atoms with Crippen LogP contribution >= 0.6 is 0 Å². The van der Waals surface area contributed by atoms with Crippen LogP contribution in [0.5, 0.6) is 0 Å². The molecule has 138 valence electrons. The molecular formula is C19H24N4O3. The first kappa shape index (κ1) is 18.0. The highest BCUT2D eigenvalue weighted by molar-refractivity contribution is 5.94. The van der Waals surface area contributed by atoms with E-state index < -0.39 is 11.7 Å². The number of nitrogens with zero attached hydrogens (tertiary/aromatic N) is 3. The Morgan fingerprint density at radius 1 is 1.12 bits per heavy atom. The number of aromatic nitrogens is 2. The van der Waals surface area contributed by atoms with Crippen LogP contribution in [0, 0.1) is 6.92 Å². The van der Waals surface area contributed by atoms with E-state index in [9.17, 15) is 9.59 Å². The molecule has 7 heteroatoms. The van der Waals surface area contributed by atoms with Crippen LogP contribution < -0.4 is 0 Å². The minimum Gasteiger partial charge on any atom is -0.442 e. The molecule has 2 heterocycles. The second-order valence-corrected chi connectivity index (χ2v) is 7.42. The Balaban J connectivity index is 1.76. The maximum absolute atomic E-state index is 12.8. The van der Waals surface area contributed by atoms with Gasteiger partial charge < -0.3 is 4.74 Å². The summed E-state index contributed by atoms with van der Waals surface area (Å²) in [6.45, 7) is 8.35. The second-order valence-electron chi connectivity index (χ2n) is 7.42. The van der Waals surface area contributed by atoms with Gasteiger partial charge in [0, 0.05) is 18.7 Å². The van der Waals surface area contributed by atoms with Crippen molar-refractivity contribution in [3.8, 4) is 11.3 Å². The van der Waals surface area contributed by atoms with Crippen LogP contribution in [-0.2, 0) is 4.74 Å². The minimum atomic E-state index is -0.610. The van der Waals surface area contributed by atoms with Crippen molar-refractivity contribution in [1.29, 1.82) is 0 Å². The van der Waals surface area contributed by atoms with Gasteiger partial charge in [0.15, 0.2) is 0 Å². The molecule has 26 heavy (non-hydrogen) atoms. The van der Waals surface area contributed by atoms with Crippen molar-refractivity contribution in [2.75, 3.05) is 13.1 Å². The van der Waals surface area contributed by atoms with E-state index in [1.54, 1.807) is 26.8 Å². The highest BCUT2D eigenvalue weighted by Crippen LogP contribution is 2.22. The number of hydrazine groups is 1. The van der Waals surface area contributed by atoms with Crippen molar-refractivity contribution in [3.05, 3.63) is 41.6 Å². The van der Waals surface area contributed by atoms with Crippen LogP contribution in [0.2, 0.25) is 0 Å². The predicted octanol–water partition coefficient (Wildman–Crippen LogP) is 3.38. The molecular weight excluding hydrogens is 332 g/mol. The average Bonchev–Trinajstić information content (AvgIpc) is 3.23. The lowest BCUT2D eigenvalue weighted by molar-refractivity contribution is -0.0195. The highest BCUT2D eigenvalue weighted by Gasteiger charge is 2.34. The van der Waals surface area contributed by atoms with Crippen molar-refractivity contribution >= 4 is 12.0 Å². The Kier molecular flexibility index (Phi) is 4.71. The zero-order valence-corrected chi connectivity index (χ0v) is 15.6. The molecule has 1 fully saturated rings. The van der Waals surface area contributed by atoms with E-state index >= 15 is 0 Å². The topological polar surface area (TPSA) is 78.5 Å². The van der Waals surface area contributed by atoms with Crippen LogP contribution in [0.4, 0.5) is 4.79 Å². The number of hydrogen-bond donors (Lipinski definition) is 1. The molecule has 3 rings (SSSR count). The first-order chi connectivity index (χ1) is 12.2. The molecule has 7 nitrogen and oxygen atoms in total. The summed E-state index contributed by atoms with van der Waals surface area (Å²) in [6, 6.07) is 9.62. The summed E-state index contributed by atoms with van der Waals surface area (Å²) in [6.07, 6.45) is 0.200. The Morgan fingerprint density at radius 3 is 2.42 bits per heavy atom. The van der Waals surface area contributed by atoms with Crippen molar-refractivity contribution in [1.82, 2.24) is 20.2 Å². The zero-order chi connectivity index (χ0) is 18.9. The molecule has 0 radical (unpaired) electrons. The first-order valence-corrected chi connectivity index (χ1v) is 8.69. The maximum atomic E-state index is 12.8. The number of benzene rings is 1. The predicted molar refractivity (Wildman–Crippen MR) is 97.4 cm³/mol. The fourth-order valence-corrected chi connectivity index (χ4v) is 2.77. The maximum Gasteiger partial charge on any atom is 0.429 e. The molecule has 1 aromatic carbocycles. The largest absolute Gasteiger partial charge is 0.442 e. The molecule has 1 aliphatic heterocycles. The number of amides is 2. The van der Waals surface area contributed by atoms with Gasteiger partial charge in [-0.05, 0) is 40.2 Å². The molecule has 0 aliphatic carbocycles. The van der Waals surface area contributed by atoms with Crippen LogP contribution in [0.3, 0.4) is 0 Å². The summed E-state index contributed by atoms with van der Waals surface area (Å²) < 4.78 is 5.39. The molecule has 1 aromatic heterocycles. The molecule has 1 aliphatic rings. The van der Waals surface area contributed by atoms with E-state index in [2.05, 4.69) is 10.2 Å². The number of rotatable bonds is 2. The molecule has 1 saturated heterocycles. The van der Waals surface area contributed by atoms with Crippen LogP contribution in [-0.4, -0.2) is 50.9 Å². The van der Waals surface area contributed by atoms with Gasteiger partial charge in [-0.3, -0.25) is 9.89 Å². The third-order valence-corrected chi connectivity index (χ3v) is 4.03. The van der Waals surface area contributed by atoms with Crippen molar-refractivity contribution in [2.45, 2.75) is 39.7 Å². The summed E-state index contributed by atoms with van der Waals surface area (Å²) in [7, 11) is 0. The van der Waals surface area contributed by atoms with Crippen LogP contribution in [0.15, 0.2) is 30.3 Å². The van der Waals surface area contributed by atoms with Gasteiger partial charge in [0.2, 0.25) is 0 Å². The molecule has 0 atom stereocenters. The number of ether oxygens (including phenoxy) is 1. The molecule has 0 bridgehead atoms. The van der Waals surface area contributed by atoms with Gasteiger partial charge in [-0.15, -0.1) is 0 Å². The normalized spacial score (nSPS) is 14.6. The number of aromatic amines is 1. The quantitative estimate of drug-likeness (QED) is 0.895. The lowest BCUT2D eigenvalue weighted by Crippen LogP contribution is -2.47. The van der Waals surface area contributed by atoms with E-state index in [0.29, 0.717) is 30.9 Å². The Bertz CT molecular complexity index is 805. The summed E-state index contributed by atoms with van der Waals surface area (Å²) in [4.78, 5) is 25.2. The third-order valence-electron chi connectivity index (χ3n) is 4.03.